The third-order valence-electron chi connectivity index (χ3n) is 7.28. The van der Waals surface area contributed by atoms with Gasteiger partial charge >= 0.3 is 18.0 Å². The number of ether oxygens (including phenoxy) is 1. The van der Waals surface area contributed by atoms with E-state index in [1.807, 2.05) is 4.90 Å². The zero-order valence-electron chi connectivity index (χ0n) is 24.7. The Hall–Kier alpha value is -3.36. The Morgan fingerprint density at radius 2 is 1.82 bits per heavy atom. The van der Waals surface area contributed by atoms with Crippen molar-refractivity contribution in [2.45, 2.75) is 63.9 Å². The third kappa shape index (κ3) is 7.83. The van der Waals surface area contributed by atoms with E-state index in [0.717, 1.165) is 12.1 Å². The summed E-state index contributed by atoms with van der Waals surface area (Å²) in [5, 5.41) is 2.48. The molecule has 10 nitrogen and oxygen atoms in total. The fourth-order valence-electron chi connectivity index (χ4n) is 5.19. The van der Waals surface area contributed by atoms with Crippen molar-refractivity contribution in [1.29, 1.82) is 0 Å². The van der Waals surface area contributed by atoms with Crippen LogP contribution in [0.3, 0.4) is 0 Å². The fourth-order valence-corrected chi connectivity index (χ4v) is 6.49. The van der Waals surface area contributed by atoms with Crippen molar-refractivity contribution in [2.75, 3.05) is 25.4 Å². The number of fused-ring (bicyclic) bond motifs is 1. The van der Waals surface area contributed by atoms with Crippen LogP contribution in [-0.2, 0) is 33.8 Å². The van der Waals surface area contributed by atoms with Gasteiger partial charge < -0.3 is 15.0 Å². The molecule has 0 unspecified atom stereocenters. The summed E-state index contributed by atoms with van der Waals surface area (Å²) in [7, 11) is -3.76. The molecule has 2 aromatic carbocycles. The van der Waals surface area contributed by atoms with E-state index in [0.29, 0.717) is 30.6 Å². The summed E-state index contributed by atoms with van der Waals surface area (Å²) in [4.78, 5) is 42.6. The van der Waals surface area contributed by atoms with E-state index in [1.54, 1.807) is 20.8 Å². The zero-order chi connectivity index (χ0) is 32.6. The van der Waals surface area contributed by atoms with Crippen LogP contribution in [0.25, 0.3) is 10.9 Å². The summed E-state index contributed by atoms with van der Waals surface area (Å²) in [5.41, 5.74) is -3.73. The SMILES string of the molecule is CCS(=O)(=O)c1ccc(Cl)cc1Cn1c(=O)[nH]c2cc(CN3CC[C@@H](CNC(=O)OC(C)(C)C)C3)c(C(F)(F)F)cc2c1=O. The number of carbonyl (C=O) groups excluding carboxylic acids is 1. The number of aromatic nitrogens is 2. The van der Waals surface area contributed by atoms with Crippen molar-refractivity contribution in [3.63, 3.8) is 0 Å². The van der Waals surface area contributed by atoms with Crippen molar-refractivity contribution in [3.05, 3.63) is 72.9 Å². The predicted octanol–water partition coefficient (Wildman–Crippen LogP) is 4.55. The maximum absolute atomic E-state index is 14.3. The second-order valence-electron chi connectivity index (χ2n) is 11.8. The zero-order valence-corrected chi connectivity index (χ0v) is 26.3. The smallest absolute Gasteiger partial charge is 0.416 e. The van der Waals surface area contributed by atoms with Gasteiger partial charge in [-0.15, -0.1) is 0 Å². The molecule has 0 radical (unpaired) electrons. The van der Waals surface area contributed by atoms with E-state index >= 15 is 0 Å². The van der Waals surface area contributed by atoms with E-state index in [1.165, 1.54) is 25.1 Å². The first-order chi connectivity index (χ1) is 20.4. The summed E-state index contributed by atoms with van der Waals surface area (Å²) in [5.74, 6) is -0.252. The minimum Gasteiger partial charge on any atom is -0.444 e. The van der Waals surface area contributed by atoms with Gasteiger partial charge in [0.15, 0.2) is 9.84 Å². The summed E-state index contributed by atoms with van der Waals surface area (Å²) >= 11 is 6.05. The molecule has 44 heavy (non-hydrogen) atoms. The molecule has 1 saturated heterocycles. The largest absolute Gasteiger partial charge is 0.444 e. The Kier molecular flexibility index (Phi) is 9.57. The highest BCUT2D eigenvalue weighted by Gasteiger charge is 2.35. The number of hydrogen-bond acceptors (Lipinski definition) is 7. The maximum Gasteiger partial charge on any atom is 0.416 e. The Labute approximate surface area is 257 Å². The van der Waals surface area contributed by atoms with Gasteiger partial charge in [-0.2, -0.15) is 13.2 Å². The number of likely N-dealkylation sites (tertiary alicyclic amines) is 1. The molecule has 1 aromatic heterocycles. The number of alkyl carbamates (subject to hydrolysis) is 1. The molecule has 3 aromatic rings. The van der Waals surface area contributed by atoms with Crippen LogP contribution >= 0.6 is 11.6 Å². The molecule has 15 heteroatoms. The Morgan fingerprint density at radius 3 is 2.45 bits per heavy atom. The second kappa shape index (κ2) is 12.6. The van der Waals surface area contributed by atoms with Crippen LogP contribution in [0.4, 0.5) is 18.0 Å². The van der Waals surface area contributed by atoms with Crippen LogP contribution in [0, 0.1) is 5.92 Å². The molecule has 1 amide bonds. The van der Waals surface area contributed by atoms with Gasteiger partial charge in [0.05, 0.1) is 33.7 Å². The number of aromatic amines is 1. The quantitative estimate of drug-likeness (QED) is 0.363. The van der Waals surface area contributed by atoms with Crippen molar-refractivity contribution in [3.8, 4) is 0 Å². The Bertz CT molecular complexity index is 1800. The number of halogens is 4. The summed E-state index contributed by atoms with van der Waals surface area (Å²) < 4.78 is 73.9. The molecule has 1 atom stereocenters. The predicted molar refractivity (Wildman–Crippen MR) is 160 cm³/mol. The lowest BCUT2D eigenvalue weighted by Crippen LogP contribution is -2.36. The topological polar surface area (TPSA) is 131 Å². The number of hydrogen-bond donors (Lipinski definition) is 2. The number of carbonyl (C=O) groups is 1. The molecule has 2 heterocycles. The van der Waals surface area contributed by atoms with E-state index < -0.39 is 51.1 Å². The van der Waals surface area contributed by atoms with Crippen molar-refractivity contribution in [1.82, 2.24) is 19.8 Å². The van der Waals surface area contributed by atoms with Gasteiger partial charge in [-0.25, -0.2) is 18.0 Å². The van der Waals surface area contributed by atoms with Gasteiger partial charge in [-0.1, -0.05) is 18.5 Å². The number of H-pyrrole nitrogens is 1. The lowest BCUT2D eigenvalue weighted by molar-refractivity contribution is -0.138. The summed E-state index contributed by atoms with van der Waals surface area (Å²) in [6, 6.07) is 5.80. The normalized spacial score (nSPS) is 16.4. The molecule has 4 rings (SSSR count). The number of rotatable bonds is 8. The average molecular weight is 659 g/mol. The van der Waals surface area contributed by atoms with Crippen LogP contribution in [0.2, 0.25) is 5.02 Å². The van der Waals surface area contributed by atoms with Crippen molar-refractivity contribution >= 4 is 38.4 Å². The third-order valence-corrected chi connectivity index (χ3v) is 9.34. The molecule has 1 aliphatic heterocycles. The lowest BCUT2D eigenvalue weighted by atomic mass is 10.0. The first-order valence-electron chi connectivity index (χ1n) is 14.0. The maximum atomic E-state index is 14.3. The molecule has 0 spiro atoms. The van der Waals surface area contributed by atoms with Gasteiger partial charge in [-0.05, 0) is 81.1 Å². The van der Waals surface area contributed by atoms with Gasteiger partial charge in [0.1, 0.15) is 5.60 Å². The number of alkyl halides is 3. The molecular formula is C29H34ClF3N4O6S. The first-order valence-corrected chi connectivity index (χ1v) is 16.0. The number of amides is 1. The van der Waals surface area contributed by atoms with Crippen molar-refractivity contribution in [2.24, 2.45) is 5.92 Å². The number of nitrogens with zero attached hydrogens (tertiary/aromatic N) is 2. The summed E-state index contributed by atoms with van der Waals surface area (Å²) in [6.45, 7) is 7.24. The van der Waals surface area contributed by atoms with Crippen LogP contribution in [0.5, 0.6) is 0 Å². The van der Waals surface area contributed by atoms with Crippen LogP contribution in [0.15, 0.2) is 44.8 Å². The molecule has 1 aliphatic rings. The van der Waals surface area contributed by atoms with Gasteiger partial charge in [-0.3, -0.25) is 14.3 Å². The van der Waals surface area contributed by atoms with Gasteiger partial charge in [0.2, 0.25) is 0 Å². The molecule has 0 aliphatic carbocycles. The van der Waals surface area contributed by atoms with Crippen LogP contribution in [0.1, 0.15) is 50.8 Å². The van der Waals surface area contributed by atoms with Gasteiger partial charge in [0.25, 0.3) is 5.56 Å². The van der Waals surface area contributed by atoms with E-state index in [-0.39, 0.29) is 50.2 Å². The fraction of sp³-hybridized carbons (Fsp3) is 0.483. The lowest BCUT2D eigenvalue weighted by Gasteiger charge is -2.22. The van der Waals surface area contributed by atoms with Crippen LogP contribution in [-0.4, -0.2) is 60.0 Å². The van der Waals surface area contributed by atoms with Crippen LogP contribution < -0.4 is 16.6 Å². The molecule has 240 valence electrons. The molecular weight excluding hydrogens is 625 g/mol. The number of sulfone groups is 1. The standard InChI is InChI=1S/C29H34ClF3N4O6S/c1-5-44(41,42)24-7-6-20(30)10-19(24)16-37-25(38)21-12-22(29(31,32)33)18(11-23(21)35-26(37)39)15-36-9-8-17(14-36)13-34-27(40)43-28(2,3)4/h6-7,10-12,17H,5,8-9,13-16H2,1-4H3,(H,34,40)(H,35,39)/t17-/m0/s1. The van der Waals surface area contributed by atoms with E-state index in [2.05, 4.69) is 10.3 Å². The minimum absolute atomic E-state index is 0.00257. The highest BCUT2D eigenvalue weighted by molar-refractivity contribution is 7.91. The highest BCUT2D eigenvalue weighted by Crippen LogP contribution is 2.35. The number of benzene rings is 2. The summed E-state index contributed by atoms with van der Waals surface area (Å²) in [6.07, 6.45) is -4.73. The second-order valence-corrected chi connectivity index (χ2v) is 14.5. The van der Waals surface area contributed by atoms with Crippen molar-refractivity contribution < 1.29 is 31.1 Å². The molecule has 0 bridgehead atoms. The molecule has 1 fully saturated rings. The Morgan fingerprint density at radius 1 is 1.11 bits per heavy atom. The monoisotopic (exact) mass is 658 g/mol. The molecule has 2 N–H and O–H groups in total. The first kappa shape index (κ1) is 33.5. The minimum atomic E-state index is -4.80. The molecule has 0 saturated carbocycles. The van der Waals surface area contributed by atoms with E-state index in [9.17, 15) is 36.0 Å². The average Bonchev–Trinajstić information content (AvgIpc) is 3.35. The van der Waals surface area contributed by atoms with Gasteiger partial charge in [0, 0.05) is 24.7 Å². The van der Waals surface area contributed by atoms with E-state index in [4.69, 9.17) is 16.3 Å². The highest BCUT2D eigenvalue weighted by atomic mass is 35.5. The Balaban J connectivity index is 1.64. The number of nitrogens with one attached hydrogen (secondary N) is 2.